The quantitative estimate of drug-likeness (QED) is 0.866. The van der Waals surface area contributed by atoms with Crippen LogP contribution in [0.4, 0.5) is 5.82 Å². The standard InChI is InChI=1S/C20H24N2O/c1-14-6-7-15(2)21-18(14)22-19(23)17-10-8-16(9-11-17)12-13-20(3,4)5/h6-13H,1-5H3,(H,21,22,23)/b13-12+. The monoisotopic (exact) mass is 308 g/mol. The maximum atomic E-state index is 12.3. The van der Waals surface area contributed by atoms with Gasteiger partial charge in [0.1, 0.15) is 5.82 Å². The number of nitrogens with one attached hydrogen (secondary N) is 1. The molecule has 0 fully saturated rings. The number of carbonyl (C=O) groups excluding carboxylic acids is 1. The van der Waals surface area contributed by atoms with Crippen molar-refractivity contribution < 1.29 is 4.79 Å². The lowest BCUT2D eigenvalue weighted by Crippen LogP contribution is -2.14. The van der Waals surface area contributed by atoms with Crippen molar-refractivity contribution in [2.24, 2.45) is 5.41 Å². The Balaban J connectivity index is 2.11. The van der Waals surface area contributed by atoms with E-state index in [1.807, 2.05) is 50.2 Å². The molecular formula is C20H24N2O. The Kier molecular flexibility index (Phi) is 4.99. The molecule has 23 heavy (non-hydrogen) atoms. The molecule has 0 aliphatic heterocycles. The molecule has 0 unspecified atom stereocenters. The van der Waals surface area contributed by atoms with E-state index in [-0.39, 0.29) is 11.3 Å². The first-order valence-electron chi connectivity index (χ1n) is 7.79. The summed E-state index contributed by atoms with van der Waals surface area (Å²) in [6.45, 7) is 10.3. The fourth-order valence-corrected chi connectivity index (χ4v) is 2.02. The molecule has 3 nitrogen and oxygen atoms in total. The molecule has 1 aromatic heterocycles. The summed E-state index contributed by atoms with van der Waals surface area (Å²) in [5.41, 5.74) is 3.69. The number of amides is 1. The van der Waals surface area contributed by atoms with Crippen molar-refractivity contribution in [3.8, 4) is 0 Å². The van der Waals surface area contributed by atoms with Crippen molar-refractivity contribution >= 4 is 17.8 Å². The first kappa shape index (κ1) is 16.9. The zero-order valence-corrected chi connectivity index (χ0v) is 14.5. The second kappa shape index (κ2) is 6.78. The van der Waals surface area contributed by atoms with Gasteiger partial charge in [-0.2, -0.15) is 0 Å². The smallest absolute Gasteiger partial charge is 0.256 e. The summed E-state index contributed by atoms with van der Waals surface area (Å²) in [6, 6.07) is 11.5. The highest BCUT2D eigenvalue weighted by atomic mass is 16.1. The van der Waals surface area contributed by atoms with Gasteiger partial charge in [-0.3, -0.25) is 4.79 Å². The minimum atomic E-state index is -0.141. The Bertz CT molecular complexity index is 722. The lowest BCUT2D eigenvalue weighted by molar-refractivity contribution is 0.102. The summed E-state index contributed by atoms with van der Waals surface area (Å²) < 4.78 is 0. The largest absolute Gasteiger partial charge is 0.306 e. The molecule has 2 rings (SSSR count). The van der Waals surface area contributed by atoms with E-state index >= 15 is 0 Å². The number of hydrogen-bond acceptors (Lipinski definition) is 2. The number of allylic oxidation sites excluding steroid dienone is 1. The molecule has 2 aromatic rings. The third-order valence-corrected chi connectivity index (χ3v) is 3.42. The van der Waals surface area contributed by atoms with Crippen LogP contribution in [0.5, 0.6) is 0 Å². The summed E-state index contributed by atoms with van der Waals surface area (Å²) in [6.07, 6.45) is 4.23. The molecule has 120 valence electrons. The Morgan fingerprint density at radius 3 is 2.30 bits per heavy atom. The van der Waals surface area contributed by atoms with Crippen molar-refractivity contribution in [2.45, 2.75) is 34.6 Å². The van der Waals surface area contributed by atoms with Gasteiger partial charge in [0.2, 0.25) is 0 Å². The lowest BCUT2D eigenvalue weighted by Gasteiger charge is -2.11. The van der Waals surface area contributed by atoms with Crippen LogP contribution in [0, 0.1) is 19.3 Å². The average Bonchev–Trinajstić information content (AvgIpc) is 2.48. The van der Waals surface area contributed by atoms with E-state index in [0.29, 0.717) is 11.4 Å². The highest BCUT2D eigenvalue weighted by Gasteiger charge is 2.09. The molecule has 1 N–H and O–H groups in total. The number of aryl methyl sites for hydroxylation is 2. The molecule has 0 aliphatic carbocycles. The number of benzene rings is 1. The molecule has 0 atom stereocenters. The van der Waals surface area contributed by atoms with E-state index in [1.54, 1.807) is 0 Å². The van der Waals surface area contributed by atoms with Gasteiger partial charge in [0.15, 0.2) is 0 Å². The van der Waals surface area contributed by atoms with Gasteiger partial charge in [-0.05, 0) is 48.6 Å². The summed E-state index contributed by atoms with van der Waals surface area (Å²) in [5.74, 6) is 0.476. The van der Waals surface area contributed by atoms with Gasteiger partial charge in [0.25, 0.3) is 5.91 Å². The van der Waals surface area contributed by atoms with Gasteiger partial charge in [0.05, 0.1) is 0 Å². The van der Waals surface area contributed by atoms with Crippen LogP contribution in [0.3, 0.4) is 0 Å². The second-order valence-electron chi connectivity index (χ2n) is 6.89. The van der Waals surface area contributed by atoms with Crippen molar-refractivity contribution in [3.05, 3.63) is 64.9 Å². The van der Waals surface area contributed by atoms with E-state index < -0.39 is 0 Å². The fourth-order valence-electron chi connectivity index (χ4n) is 2.02. The molecular weight excluding hydrogens is 284 g/mol. The summed E-state index contributed by atoms with van der Waals surface area (Å²) >= 11 is 0. The first-order chi connectivity index (χ1) is 10.7. The van der Waals surface area contributed by atoms with E-state index in [0.717, 1.165) is 16.8 Å². The van der Waals surface area contributed by atoms with E-state index in [1.165, 1.54) is 0 Å². The zero-order valence-electron chi connectivity index (χ0n) is 14.5. The minimum absolute atomic E-state index is 0.141. The molecule has 1 amide bonds. The summed E-state index contributed by atoms with van der Waals surface area (Å²) in [7, 11) is 0. The Labute approximate surface area is 138 Å². The van der Waals surface area contributed by atoms with Crippen LogP contribution >= 0.6 is 0 Å². The van der Waals surface area contributed by atoms with Crippen molar-refractivity contribution in [3.63, 3.8) is 0 Å². The molecule has 1 heterocycles. The minimum Gasteiger partial charge on any atom is -0.306 e. The van der Waals surface area contributed by atoms with Crippen molar-refractivity contribution in [1.29, 1.82) is 0 Å². The number of anilines is 1. The van der Waals surface area contributed by atoms with Gasteiger partial charge in [0, 0.05) is 11.3 Å². The van der Waals surface area contributed by atoms with Crippen LogP contribution in [0.1, 0.15) is 48.0 Å². The lowest BCUT2D eigenvalue weighted by atomic mass is 9.95. The number of aromatic nitrogens is 1. The average molecular weight is 308 g/mol. The zero-order chi connectivity index (χ0) is 17.0. The maximum Gasteiger partial charge on any atom is 0.256 e. The molecule has 0 radical (unpaired) electrons. The van der Waals surface area contributed by atoms with Gasteiger partial charge in [-0.25, -0.2) is 4.98 Å². The topological polar surface area (TPSA) is 42.0 Å². The molecule has 0 spiro atoms. The molecule has 1 aromatic carbocycles. The van der Waals surface area contributed by atoms with E-state index in [9.17, 15) is 4.79 Å². The normalized spacial score (nSPS) is 11.7. The van der Waals surface area contributed by atoms with Crippen LogP contribution in [0.15, 0.2) is 42.5 Å². The van der Waals surface area contributed by atoms with Gasteiger partial charge in [-0.15, -0.1) is 0 Å². The Hall–Kier alpha value is -2.42. The third-order valence-electron chi connectivity index (χ3n) is 3.42. The fraction of sp³-hybridized carbons (Fsp3) is 0.300. The SMILES string of the molecule is Cc1ccc(C)c(NC(=O)c2ccc(/C=C/C(C)(C)C)cc2)n1. The van der Waals surface area contributed by atoms with Crippen LogP contribution in [0.25, 0.3) is 6.08 Å². The van der Waals surface area contributed by atoms with Gasteiger partial charge >= 0.3 is 0 Å². The van der Waals surface area contributed by atoms with Crippen LogP contribution in [-0.2, 0) is 0 Å². The van der Waals surface area contributed by atoms with E-state index in [2.05, 4.69) is 43.2 Å². The van der Waals surface area contributed by atoms with Crippen molar-refractivity contribution in [1.82, 2.24) is 4.98 Å². The number of rotatable bonds is 3. The number of carbonyl (C=O) groups is 1. The first-order valence-corrected chi connectivity index (χ1v) is 7.79. The van der Waals surface area contributed by atoms with Gasteiger partial charge in [-0.1, -0.05) is 51.1 Å². The van der Waals surface area contributed by atoms with Gasteiger partial charge < -0.3 is 5.32 Å². The Morgan fingerprint density at radius 2 is 1.70 bits per heavy atom. The molecule has 0 bridgehead atoms. The number of hydrogen-bond donors (Lipinski definition) is 1. The maximum absolute atomic E-state index is 12.3. The Morgan fingerprint density at radius 1 is 1.04 bits per heavy atom. The molecule has 0 aliphatic rings. The number of nitrogens with zero attached hydrogens (tertiary/aromatic N) is 1. The second-order valence-corrected chi connectivity index (χ2v) is 6.89. The molecule has 0 saturated heterocycles. The van der Waals surface area contributed by atoms with Crippen LogP contribution in [-0.4, -0.2) is 10.9 Å². The summed E-state index contributed by atoms with van der Waals surface area (Å²) in [5, 5.41) is 2.87. The van der Waals surface area contributed by atoms with Crippen LogP contribution in [0.2, 0.25) is 0 Å². The highest BCUT2D eigenvalue weighted by Crippen LogP contribution is 2.18. The predicted octanol–water partition coefficient (Wildman–Crippen LogP) is 5.01. The third kappa shape index (κ3) is 5.06. The predicted molar refractivity (Wildman–Crippen MR) is 96.6 cm³/mol. The molecule has 3 heteroatoms. The molecule has 0 saturated carbocycles. The van der Waals surface area contributed by atoms with Crippen molar-refractivity contribution in [2.75, 3.05) is 5.32 Å². The highest BCUT2D eigenvalue weighted by molar-refractivity contribution is 6.04. The van der Waals surface area contributed by atoms with Crippen LogP contribution < -0.4 is 5.32 Å². The number of pyridine rings is 1. The van der Waals surface area contributed by atoms with E-state index in [4.69, 9.17) is 0 Å². The summed E-state index contributed by atoms with van der Waals surface area (Å²) in [4.78, 5) is 16.7.